The molecule has 7 heteroatoms. The Balaban J connectivity index is 1.02. The van der Waals surface area contributed by atoms with Crippen molar-refractivity contribution >= 4 is 118 Å². The molecule has 0 radical (unpaired) electrons. The summed E-state index contributed by atoms with van der Waals surface area (Å²) in [4.78, 5) is 4.88. The van der Waals surface area contributed by atoms with E-state index in [2.05, 4.69) is 339 Å². The summed E-state index contributed by atoms with van der Waals surface area (Å²) in [7, 11) is -3.38. The molecule has 15 aromatic rings. The van der Waals surface area contributed by atoms with Crippen LogP contribution >= 0.6 is 22.9 Å². The summed E-state index contributed by atoms with van der Waals surface area (Å²) in [6.45, 7) is 6.84. The van der Waals surface area contributed by atoms with Crippen molar-refractivity contribution in [3.8, 4) is 33.8 Å². The Morgan fingerprint density at radius 3 is 1.55 bits per heavy atom. The fourth-order valence-electron chi connectivity index (χ4n) is 15.0. The Bertz CT molecular complexity index is 5190. The summed E-state index contributed by atoms with van der Waals surface area (Å²) in [5.41, 5.74) is 16.9. The van der Waals surface area contributed by atoms with E-state index in [1.165, 1.54) is 48.1 Å². The molecular formula is C85H61ClN2O2SSi. The number of thiophene rings is 1. The lowest BCUT2D eigenvalue weighted by Gasteiger charge is -2.40. The molecule has 17 rings (SSSR count). The number of rotatable bonds is 11. The second-order valence-corrected chi connectivity index (χ2v) is 30.3. The van der Waals surface area contributed by atoms with Gasteiger partial charge in [0.15, 0.2) is 8.07 Å². The minimum absolute atomic E-state index is 0.110. The zero-order valence-corrected chi connectivity index (χ0v) is 53.6. The van der Waals surface area contributed by atoms with Gasteiger partial charge in [-0.3, -0.25) is 0 Å². The fraction of sp³-hybridized carbons (Fsp3) is 0.0588. The summed E-state index contributed by atoms with van der Waals surface area (Å²) in [5, 5.41) is 11.0. The van der Waals surface area contributed by atoms with Crippen LogP contribution in [0.2, 0.25) is 5.02 Å². The van der Waals surface area contributed by atoms with Crippen LogP contribution in [-0.4, -0.2) is 8.07 Å². The molecule has 0 saturated carbocycles. The van der Waals surface area contributed by atoms with E-state index in [-0.39, 0.29) is 5.41 Å². The third kappa shape index (κ3) is 8.69. The molecule has 0 bridgehead atoms. The van der Waals surface area contributed by atoms with E-state index in [1.807, 2.05) is 6.07 Å². The van der Waals surface area contributed by atoms with E-state index in [0.717, 1.165) is 100 Å². The molecular weight excluding hydrogens is 1180 g/mol. The van der Waals surface area contributed by atoms with Crippen molar-refractivity contribution in [3.63, 3.8) is 0 Å². The first kappa shape index (κ1) is 55.6. The van der Waals surface area contributed by atoms with E-state index in [4.69, 9.17) is 20.8 Å². The van der Waals surface area contributed by atoms with Crippen LogP contribution in [0.15, 0.2) is 319 Å². The van der Waals surface area contributed by atoms with Crippen molar-refractivity contribution in [2.45, 2.75) is 31.6 Å². The van der Waals surface area contributed by atoms with Crippen molar-refractivity contribution in [1.82, 2.24) is 0 Å². The van der Waals surface area contributed by atoms with Gasteiger partial charge in [0.05, 0.1) is 27.5 Å². The molecule has 2 aromatic heterocycles. The molecule has 0 fully saturated rings. The smallest absolute Gasteiger partial charge is 0.179 e. The van der Waals surface area contributed by atoms with Crippen molar-refractivity contribution in [3.05, 3.63) is 348 Å². The van der Waals surface area contributed by atoms with Crippen LogP contribution in [0.1, 0.15) is 48.6 Å². The van der Waals surface area contributed by atoms with Gasteiger partial charge in [-0.2, -0.15) is 0 Å². The molecule has 0 amide bonds. The molecule has 440 valence electrons. The highest BCUT2D eigenvalue weighted by atomic mass is 35.5. The van der Waals surface area contributed by atoms with Gasteiger partial charge in [0, 0.05) is 54.4 Å². The lowest BCUT2D eigenvalue weighted by atomic mass is 9.66. The van der Waals surface area contributed by atoms with Crippen LogP contribution in [0.3, 0.4) is 0 Å². The molecule has 0 N–H and O–H groups in total. The van der Waals surface area contributed by atoms with E-state index < -0.39 is 13.5 Å². The first-order chi connectivity index (χ1) is 45.2. The number of furan rings is 1. The summed E-state index contributed by atoms with van der Waals surface area (Å²) in [5.74, 6) is 1.69. The number of nitrogens with zero attached hydrogens (tertiary/aromatic N) is 2. The molecule has 3 heterocycles. The van der Waals surface area contributed by atoms with Crippen molar-refractivity contribution in [1.29, 1.82) is 0 Å². The Hall–Kier alpha value is -10.5. The van der Waals surface area contributed by atoms with E-state index in [1.54, 1.807) is 11.3 Å². The molecule has 4 nitrogen and oxygen atoms in total. The van der Waals surface area contributed by atoms with Gasteiger partial charge in [-0.25, -0.2) is 0 Å². The second-order valence-electron chi connectivity index (χ2n) is 25.2. The van der Waals surface area contributed by atoms with Gasteiger partial charge in [-0.05, 0) is 150 Å². The van der Waals surface area contributed by atoms with Crippen molar-refractivity contribution in [2.24, 2.45) is 0 Å². The highest BCUT2D eigenvalue weighted by molar-refractivity contribution is 7.20. The number of hydrogen-bond donors (Lipinski definition) is 0. The van der Waals surface area contributed by atoms with Crippen molar-refractivity contribution in [2.75, 3.05) is 9.80 Å². The predicted octanol–water partition coefficient (Wildman–Crippen LogP) is 21.2. The summed E-state index contributed by atoms with van der Waals surface area (Å²) >= 11 is 10.6. The molecule has 1 aliphatic carbocycles. The minimum atomic E-state index is -3.38. The standard InChI is InChI=1S/C85H61ClN2O2SSi/c1-84(2,3)58-41-43-59(44-42-58)87(61-45-47-67-66-32-16-18-34-71(66)85(74(67)52-61)72-35-19-22-38-80(72)90-81-39-23-20-36-73(81)85)75-53-65(92(62-26-10-5-11-27-62,63-28-12-6-13-29-63)64-30-14-7-15-31-64)54-76(83(75)86)88(60-46-48-79-69(51-60)68-33-17-21-37-78(68)89-79)77-55-91-82-49-40-57(50-70(77)82)56-24-8-4-9-25-56/h4-55H,1-3H3. The monoisotopic (exact) mass is 1240 g/mol. The highest BCUT2D eigenvalue weighted by Crippen LogP contribution is 2.63. The van der Waals surface area contributed by atoms with Gasteiger partial charge in [0.2, 0.25) is 0 Å². The number of halogens is 1. The summed E-state index contributed by atoms with van der Waals surface area (Å²) in [6, 6.07) is 114. The average Bonchev–Trinajstić information content (AvgIpc) is 1.51. The maximum Gasteiger partial charge on any atom is 0.179 e. The Morgan fingerprint density at radius 1 is 0.380 bits per heavy atom. The second kappa shape index (κ2) is 21.9. The number of fused-ring (bicyclic) bond motifs is 13. The third-order valence-corrected chi connectivity index (χ3v) is 25.3. The molecule has 92 heavy (non-hydrogen) atoms. The van der Waals surface area contributed by atoms with Crippen LogP contribution in [0.25, 0.3) is 54.3 Å². The number of para-hydroxylation sites is 3. The number of hydrogen-bond acceptors (Lipinski definition) is 5. The Morgan fingerprint density at radius 2 is 0.902 bits per heavy atom. The van der Waals surface area contributed by atoms with Crippen LogP contribution in [-0.2, 0) is 10.8 Å². The quantitative estimate of drug-likeness (QED) is 0.0953. The lowest BCUT2D eigenvalue weighted by molar-refractivity contribution is 0.436. The van der Waals surface area contributed by atoms with Crippen LogP contribution in [0, 0.1) is 0 Å². The van der Waals surface area contributed by atoms with Crippen LogP contribution < -0.4 is 35.3 Å². The molecule has 0 unspecified atom stereocenters. The number of ether oxygens (including phenoxy) is 1. The summed E-state index contributed by atoms with van der Waals surface area (Å²) in [6.07, 6.45) is 0. The summed E-state index contributed by atoms with van der Waals surface area (Å²) < 4.78 is 14.7. The minimum Gasteiger partial charge on any atom is -0.457 e. The lowest BCUT2D eigenvalue weighted by Crippen LogP contribution is -2.74. The molecule has 1 spiro atoms. The molecule has 0 saturated heterocycles. The maximum atomic E-state index is 8.87. The Labute approximate surface area is 546 Å². The topological polar surface area (TPSA) is 28.9 Å². The van der Waals surface area contributed by atoms with E-state index in [0.29, 0.717) is 5.02 Å². The van der Waals surface area contributed by atoms with Gasteiger partial charge < -0.3 is 19.0 Å². The zero-order chi connectivity index (χ0) is 61.7. The fourth-order valence-corrected chi connectivity index (χ4v) is 20.9. The predicted molar refractivity (Wildman–Crippen MR) is 389 cm³/mol. The van der Waals surface area contributed by atoms with Gasteiger partial charge in [-0.15, -0.1) is 11.3 Å². The van der Waals surface area contributed by atoms with Crippen molar-refractivity contribution < 1.29 is 9.15 Å². The van der Waals surface area contributed by atoms with Gasteiger partial charge >= 0.3 is 0 Å². The zero-order valence-electron chi connectivity index (χ0n) is 51.0. The molecule has 0 atom stereocenters. The third-order valence-electron chi connectivity index (χ3n) is 19.2. The van der Waals surface area contributed by atoms with Gasteiger partial charge in [0.25, 0.3) is 0 Å². The number of anilines is 6. The average molecular weight is 1240 g/mol. The molecule has 1 aliphatic heterocycles. The first-order valence-electron chi connectivity index (χ1n) is 31.5. The Kier molecular flexibility index (Phi) is 13.2. The largest absolute Gasteiger partial charge is 0.457 e. The molecule has 2 aliphatic rings. The van der Waals surface area contributed by atoms with Crippen LogP contribution in [0.4, 0.5) is 34.1 Å². The van der Waals surface area contributed by atoms with E-state index in [9.17, 15) is 0 Å². The van der Waals surface area contributed by atoms with Crippen LogP contribution in [0.5, 0.6) is 11.5 Å². The van der Waals surface area contributed by atoms with E-state index >= 15 is 0 Å². The van der Waals surface area contributed by atoms with Gasteiger partial charge in [-0.1, -0.05) is 257 Å². The molecule has 13 aromatic carbocycles. The number of benzene rings is 13. The first-order valence-corrected chi connectivity index (χ1v) is 34.7. The maximum absolute atomic E-state index is 8.87. The highest BCUT2D eigenvalue weighted by Gasteiger charge is 2.51. The van der Waals surface area contributed by atoms with Gasteiger partial charge in [0.1, 0.15) is 22.7 Å². The normalized spacial score (nSPS) is 13.0. The SMILES string of the molecule is CC(C)(C)c1ccc(N(c2ccc3c(c2)C2(c4ccccc4Oc4ccccc42)c2ccccc2-3)c2cc([Si](c3ccccc3)(c3ccccc3)c3ccccc3)cc(N(c3ccc4oc5ccccc5c4c3)c3csc4ccc(-c5ccccc5)cc34)c2Cl)cc1.